The number of aryl methyl sites for hydroxylation is 1. The zero-order valence-corrected chi connectivity index (χ0v) is 13.3. The number of sulfonamides is 1. The molecule has 0 aromatic carbocycles. The highest BCUT2D eigenvalue weighted by atomic mass is 35.5. The second kappa shape index (κ2) is 6.21. The number of hydrogen-bond acceptors (Lipinski definition) is 4. The molecule has 19 heavy (non-hydrogen) atoms. The lowest BCUT2D eigenvalue weighted by molar-refractivity contribution is -0.137. The topological polar surface area (TPSA) is 74.7 Å². The van der Waals surface area contributed by atoms with Crippen LogP contribution in [0.15, 0.2) is 10.3 Å². The van der Waals surface area contributed by atoms with Crippen LogP contribution in [-0.4, -0.2) is 36.4 Å². The maximum atomic E-state index is 12.4. The number of carboxylic acid groups (broad SMARTS) is 1. The summed E-state index contributed by atoms with van der Waals surface area (Å²) in [6.07, 6.45) is 0.532. The zero-order valence-electron chi connectivity index (χ0n) is 10.9. The predicted octanol–water partition coefficient (Wildman–Crippen LogP) is 2.58. The molecule has 108 valence electrons. The molecule has 1 unspecified atom stereocenters. The van der Waals surface area contributed by atoms with Crippen molar-refractivity contribution in [2.24, 2.45) is 0 Å². The first-order valence-corrected chi connectivity index (χ1v) is 8.33. The lowest BCUT2D eigenvalue weighted by Crippen LogP contribution is -2.41. The molecule has 1 atom stereocenters. The number of halogens is 1. The van der Waals surface area contributed by atoms with E-state index in [1.54, 1.807) is 13.8 Å². The second-order valence-corrected chi connectivity index (χ2v) is 8.00. The molecule has 0 aliphatic carbocycles. The molecule has 0 aliphatic heterocycles. The molecule has 0 radical (unpaired) electrons. The Morgan fingerprint density at radius 2 is 2.16 bits per heavy atom. The number of carboxylic acids is 1. The molecular formula is C11H16ClNO4S2. The predicted molar refractivity (Wildman–Crippen MR) is 75.3 cm³/mol. The SMILES string of the molecule is CCC(C)N(CC(=O)O)S(=O)(=O)c1cc(C)c(Cl)s1. The van der Waals surface area contributed by atoms with Crippen LogP contribution in [-0.2, 0) is 14.8 Å². The summed E-state index contributed by atoms with van der Waals surface area (Å²) in [6, 6.07) is 1.09. The van der Waals surface area contributed by atoms with Gasteiger partial charge in [-0.3, -0.25) is 4.79 Å². The highest BCUT2D eigenvalue weighted by molar-refractivity contribution is 7.91. The Morgan fingerprint density at radius 3 is 2.53 bits per heavy atom. The minimum absolute atomic E-state index is 0.0801. The van der Waals surface area contributed by atoms with E-state index in [2.05, 4.69) is 0 Å². The number of aliphatic carboxylic acids is 1. The normalized spacial score (nSPS) is 13.7. The third-order valence-electron chi connectivity index (χ3n) is 2.77. The third kappa shape index (κ3) is 3.68. The van der Waals surface area contributed by atoms with E-state index in [1.165, 1.54) is 6.07 Å². The van der Waals surface area contributed by atoms with E-state index < -0.39 is 22.5 Å². The smallest absolute Gasteiger partial charge is 0.318 e. The lowest BCUT2D eigenvalue weighted by atomic mass is 10.2. The van der Waals surface area contributed by atoms with Gasteiger partial charge < -0.3 is 5.11 Å². The molecule has 0 fully saturated rings. The molecule has 0 spiro atoms. The fourth-order valence-corrected chi connectivity index (χ4v) is 4.98. The number of hydrogen-bond donors (Lipinski definition) is 1. The van der Waals surface area contributed by atoms with Crippen molar-refractivity contribution in [3.63, 3.8) is 0 Å². The second-order valence-electron chi connectivity index (χ2n) is 4.22. The first-order chi connectivity index (χ1) is 8.70. The van der Waals surface area contributed by atoms with Crippen molar-refractivity contribution in [2.45, 2.75) is 37.4 Å². The largest absolute Gasteiger partial charge is 0.480 e. The average molecular weight is 326 g/mol. The zero-order chi connectivity index (χ0) is 14.8. The van der Waals surface area contributed by atoms with Gasteiger partial charge in [0.2, 0.25) is 0 Å². The summed E-state index contributed by atoms with van der Waals surface area (Å²) in [4.78, 5) is 10.9. The van der Waals surface area contributed by atoms with Crippen molar-refractivity contribution >= 4 is 38.9 Å². The van der Waals surface area contributed by atoms with Crippen LogP contribution in [0.3, 0.4) is 0 Å². The van der Waals surface area contributed by atoms with E-state index in [-0.39, 0.29) is 10.3 Å². The fraction of sp³-hybridized carbons (Fsp3) is 0.545. The molecule has 1 heterocycles. The van der Waals surface area contributed by atoms with Crippen LogP contribution >= 0.6 is 22.9 Å². The van der Waals surface area contributed by atoms with Crippen molar-refractivity contribution in [2.75, 3.05) is 6.54 Å². The van der Waals surface area contributed by atoms with Gasteiger partial charge >= 0.3 is 5.97 Å². The third-order valence-corrected chi connectivity index (χ3v) is 6.74. The Hall–Kier alpha value is -0.630. The Labute approximate surface area is 121 Å². The fourth-order valence-electron chi connectivity index (χ4n) is 1.49. The molecule has 8 heteroatoms. The molecule has 1 aromatic rings. The highest BCUT2D eigenvalue weighted by Crippen LogP contribution is 2.32. The monoisotopic (exact) mass is 325 g/mol. The summed E-state index contributed by atoms with van der Waals surface area (Å²) in [5, 5.41) is 8.87. The van der Waals surface area contributed by atoms with E-state index in [4.69, 9.17) is 16.7 Å². The summed E-state index contributed by atoms with van der Waals surface area (Å²) in [5.41, 5.74) is 0.671. The van der Waals surface area contributed by atoms with Crippen molar-refractivity contribution in [1.82, 2.24) is 4.31 Å². The number of rotatable bonds is 6. The van der Waals surface area contributed by atoms with E-state index in [0.717, 1.165) is 15.6 Å². The van der Waals surface area contributed by atoms with Gasteiger partial charge in [-0.25, -0.2) is 8.42 Å². The quantitative estimate of drug-likeness (QED) is 0.872. The molecule has 5 nitrogen and oxygen atoms in total. The van der Waals surface area contributed by atoms with Crippen LogP contribution in [0.5, 0.6) is 0 Å². The van der Waals surface area contributed by atoms with Gasteiger partial charge in [-0.1, -0.05) is 18.5 Å². The van der Waals surface area contributed by atoms with Crippen molar-refractivity contribution in [3.05, 3.63) is 16.0 Å². The summed E-state index contributed by atoms with van der Waals surface area (Å²) in [7, 11) is -3.82. The van der Waals surface area contributed by atoms with E-state index in [9.17, 15) is 13.2 Å². The molecular weight excluding hydrogens is 310 g/mol. The van der Waals surface area contributed by atoms with Crippen molar-refractivity contribution in [3.8, 4) is 0 Å². The lowest BCUT2D eigenvalue weighted by Gasteiger charge is -2.25. The number of thiophene rings is 1. The highest BCUT2D eigenvalue weighted by Gasteiger charge is 2.31. The van der Waals surface area contributed by atoms with Gasteiger partial charge in [0.25, 0.3) is 10.0 Å². The van der Waals surface area contributed by atoms with Crippen molar-refractivity contribution in [1.29, 1.82) is 0 Å². The first-order valence-electron chi connectivity index (χ1n) is 5.69. The summed E-state index contributed by atoms with van der Waals surface area (Å²) in [5.74, 6) is -1.18. The van der Waals surface area contributed by atoms with Gasteiger partial charge in [-0.05, 0) is 31.9 Å². The summed E-state index contributed by atoms with van der Waals surface area (Å²) in [6.45, 7) is 4.65. The van der Waals surface area contributed by atoms with E-state index in [1.807, 2.05) is 6.92 Å². The summed E-state index contributed by atoms with van der Waals surface area (Å²) < 4.78 is 26.4. The van der Waals surface area contributed by atoms with Gasteiger partial charge in [-0.2, -0.15) is 4.31 Å². The minimum atomic E-state index is -3.82. The molecule has 1 aromatic heterocycles. The standard InChI is InChI=1S/C11H16ClNO4S2/c1-4-8(3)13(6-9(14)15)19(16,17)10-5-7(2)11(12)18-10/h5,8H,4,6H2,1-3H3,(H,14,15). The number of carbonyl (C=O) groups is 1. The van der Waals surface area contributed by atoms with E-state index in [0.29, 0.717) is 16.3 Å². The summed E-state index contributed by atoms with van der Waals surface area (Å²) >= 11 is 6.83. The molecule has 0 bridgehead atoms. The Balaban J connectivity index is 3.22. The van der Waals surface area contributed by atoms with Gasteiger partial charge in [0.05, 0.1) is 4.34 Å². The van der Waals surface area contributed by atoms with Crippen LogP contribution in [0, 0.1) is 6.92 Å². The molecule has 0 saturated carbocycles. The van der Waals surface area contributed by atoms with Crippen LogP contribution in [0.1, 0.15) is 25.8 Å². The first kappa shape index (κ1) is 16.4. The van der Waals surface area contributed by atoms with Crippen LogP contribution in [0.4, 0.5) is 0 Å². The molecule has 0 saturated heterocycles. The van der Waals surface area contributed by atoms with Crippen molar-refractivity contribution < 1.29 is 18.3 Å². The van der Waals surface area contributed by atoms with Gasteiger partial charge in [-0.15, -0.1) is 11.3 Å². The Kier molecular flexibility index (Phi) is 5.37. The Morgan fingerprint density at radius 1 is 1.58 bits per heavy atom. The molecule has 0 aliphatic rings. The molecule has 0 amide bonds. The van der Waals surface area contributed by atoms with Crippen LogP contribution in [0.2, 0.25) is 4.34 Å². The van der Waals surface area contributed by atoms with E-state index >= 15 is 0 Å². The average Bonchev–Trinajstić information content (AvgIpc) is 2.66. The Bertz CT molecular complexity index is 548. The maximum absolute atomic E-state index is 12.4. The van der Waals surface area contributed by atoms with Gasteiger partial charge in [0, 0.05) is 6.04 Å². The van der Waals surface area contributed by atoms with Crippen LogP contribution < -0.4 is 0 Å². The maximum Gasteiger partial charge on any atom is 0.318 e. The van der Waals surface area contributed by atoms with Crippen LogP contribution in [0.25, 0.3) is 0 Å². The molecule has 1 rings (SSSR count). The van der Waals surface area contributed by atoms with Gasteiger partial charge in [0.1, 0.15) is 10.8 Å². The molecule has 1 N–H and O–H groups in total. The number of nitrogens with zero attached hydrogens (tertiary/aromatic N) is 1. The minimum Gasteiger partial charge on any atom is -0.480 e. The van der Waals surface area contributed by atoms with Gasteiger partial charge in [0.15, 0.2) is 0 Å².